The van der Waals surface area contributed by atoms with Gasteiger partial charge in [0.05, 0.1) is 26.3 Å². The van der Waals surface area contributed by atoms with Crippen LogP contribution in [0.15, 0.2) is 18.2 Å². The highest BCUT2D eigenvalue weighted by atomic mass is 16.6. The largest absolute Gasteiger partial charge is 0.496 e. The quantitative estimate of drug-likeness (QED) is 0.752. The van der Waals surface area contributed by atoms with Gasteiger partial charge >= 0.3 is 12.1 Å². The molecule has 0 spiro atoms. The summed E-state index contributed by atoms with van der Waals surface area (Å²) < 4.78 is 15.7. The zero-order valence-corrected chi connectivity index (χ0v) is 17.2. The summed E-state index contributed by atoms with van der Waals surface area (Å²) in [5, 5.41) is 0. The van der Waals surface area contributed by atoms with Crippen LogP contribution in [0.2, 0.25) is 0 Å². The number of ether oxygens (including phenoxy) is 3. The number of hydrogen-bond acceptors (Lipinski definition) is 6. The van der Waals surface area contributed by atoms with Gasteiger partial charge in [-0.3, -0.25) is 4.90 Å². The average Bonchev–Trinajstić information content (AvgIpc) is 2.58. The summed E-state index contributed by atoms with van der Waals surface area (Å²) in [6, 6.07) is 5.37. The van der Waals surface area contributed by atoms with Crippen LogP contribution in [0.1, 0.15) is 45.0 Å². The fourth-order valence-electron chi connectivity index (χ4n) is 3.36. The molecule has 27 heavy (non-hydrogen) atoms. The van der Waals surface area contributed by atoms with E-state index in [9.17, 15) is 9.59 Å². The highest BCUT2D eigenvalue weighted by Crippen LogP contribution is 2.29. The van der Waals surface area contributed by atoms with E-state index in [2.05, 4.69) is 4.90 Å². The Labute approximate surface area is 161 Å². The molecule has 2 atom stereocenters. The van der Waals surface area contributed by atoms with Gasteiger partial charge in [-0.1, -0.05) is 0 Å². The number of carbonyl (C=O) groups is 2. The van der Waals surface area contributed by atoms with E-state index in [0.717, 1.165) is 5.69 Å². The second-order valence-electron chi connectivity index (χ2n) is 7.87. The van der Waals surface area contributed by atoms with Crippen molar-refractivity contribution in [1.82, 2.24) is 4.90 Å². The van der Waals surface area contributed by atoms with Crippen molar-refractivity contribution in [3.8, 4) is 5.75 Å². The van der Waals surface area contributed by atoms with Crippen molar-refractivity contribution >= 4 is 17.7 Å². The Morgan fingerprint density at radius 1 is 1.07 bits per heavy atom. The molecule has 2 rings (SSSR count). The van der Waals surface area contributed by atoms with E-state index >= 15 is 0 Å². The minimum absolute atomic E-state index is 0.0186. The van der Waals surface area contributed by atoms with Gasteiger partial charge in [0.25, 0.3) is 0 Å². The van der Waals surface area contributed by atoms with Gasteiger partial charge in [0.15, 0.2) is 0 Å². The molecule has 0 N–H and O–H groups in total. The Hall–Kier alpha value is -2.44. The molecular formula is C20H30N2O5. The van der Waals surface area contributed by atoms with Crippen molar-refractivity contribution in [3.05, 3.63) is 23.8 Å². The number of piperazine rings is 1. The Morgan fingerprint density at radius 3 is 2.15 bits per heavy atom. The van der Waals surface area contributed by atoms with Gasteiger partial charge in [0, 0.05) is 24.8 Å². The van der Waals surface area contributed by atoms with Gasteiger partial charge in [-0.05, 0) is 46.8 Å². The molecule has 150 valence electrons. The van der Waals surface area contributed by atoms with Gasteiger partial charge in [-0.15, -0.1) is 0 Å². The SMILES string of the molecule is COC(=O)c1ccc(N2CC(C)N(C(=O)OC(C)(C)C)C(C)C2)cc1OC. The van der Waals surface area contributed by atoms with Crippen molar-refractivity contribution in [2.75, 3.05) is 32.2 Å². The summed E-state index contributed by atoms with van der Waals surface area (Å²) in [5.74, 6) is 0.0316. The van der Waals surface area contributed by atoms with Gasteiger partial charge in [0.1, 0.15) is 16.9 Å². The van der Waals surface area contributed by atoms with E-state index in [1.165, 1.54) is 14.2 Å². The third-order valence-electron chi connectivity index (χ3n) is 4.48. The molecule has 2 unspecified atom stereocenters. The number of amides is 1. The molecule has 0 bridgehead atoms. The highest BCUT2D eigenvalue weighted by molar-refractivity contribution is 5.93. The molecule has 7 nitrogen and oxygen atoms in total. The summed E-state index contributed by atoms with van der Waals surface area (Å²) in [7, 11) is 2.87. The van der Waals surface area contributed by atoms with Crippen molar-refractivity contribution in [2.24, 2.45) is 0 Å². The molecule has 1 saturated heterocycles. The summed E-state index contributed by atoms with van der Waals surface area (Å²) in [6.45, 7) is 10.9. The number of esters is 1. The minimum atomic E-state index is -0.523. The fraction of sp³-hybridized carbons (Fsp3) is 0.600. The molecule has 0 saturated carbocycles. The Morgan fingerprint density at radius 2 is 1.67 bits per heavy atom. The Kier molecular flexibility index (Phi) is 6.23. The number of anilines is 1. The first-order chi connectivity index (χ1) is 12.6. The summed E-state index contributed by atoms with van der Waals surface area (Å²) >= 11 is 0. The molecule has 1 aliphatic rings. The number of rotatable bonds is 3. The number of methoxy groups -OCH3 is 2. The van der Waals surface area contributed by atoms with Crippen LogP contribution in [0.25, 0.3) is 0 Å². The maximum Gasteiger partial charge on any atom is 0.410 e. The maximum absolute atomic E-state index is 12.5. The number of nitrogens with zero attached hydrogens (tertiary/aromatic N) is 2. The third kappa shape index (κ3) is 4.84. The van der Waals surface area contributed by atoms with Crippen molar-refractivity contribution < 1.29 is 23.8 Å². The van der Waals surface area contributed by atoms with Crippen molar-refractivity contribution in [1.29, 1.82) is 0 Å². The number of carbonyl (C=O) groups excluding carboxylic acids is 2. The minimum Gasteiger partial charge on any atom is -0.496 e. The average molecular weight is 378 g/mol. The standard InChI is InChI=1S/C20H30N2O5/c1-13-11-21(12-14(2)22(13)19(24)27-20(3,4)5)15-8-9-16(18(23)26-7)17(10-15)25-6/h8-10,13-14H,11-12H2,1-7H3. The third-order valence-corrected chi connectivity index (χ3v) is 4.48. The van der Waals surface area contributed by atoms with Gasteiger partial charge in [-0.2, -0.15) is 0 Å². The van der Waals surface area contributed by atoms with Crippen LogP contribution < -0.4 is 9.64 Å². The van der Waals surface area contributed by atoms with E-state index < -0.39 is 11.6 Å². The molecule has 1 aromatic rings. The molecule has 1 heterocycles. The van der Waals surface area contributed by atoms with Crippen LogP contribution in [0.3, 0.4) is 0 Å². The van der Waals surface area contributed by atoms with E-state index in [4.69, 9.17) is 14.2 Å². The normalized spacial score (nSPS) is 20.3. The number of hydrogen-bond donors (Lipinski definition) is 0. The van der Waals surface area contributed by atoms with Crippen molar-refractivity contribution in [3.63, 3.8) is 0 Å². The molecule has 1 amide bonds. The summed E-state index contributed by atoms with van der Waals surface area (Å²) in [4.78, 5) is 28.4. The predicted octanol–water partition coefficient (Wildman–Crippen LogP) is 3.32. The molecule has 0 aliphatic carbocycles. The lowest BCUT2D eigenvalue weighted by molar-refractivity contribution is 0.00563. The van der Waals surface area contributed by atoms with Gasteiger partial charge < -0.3 is 19.1 Å². The lowest BCUT2D eigenvalue weighted by Crippen LogP contribution is -2.59. The van der Waals surface area contributed by atoms with Gasteiger partial charge in [0.2, 0.25) is 0 Å². The van der Waals surface area contributed by atoms with Crippen LogP contribution >= 0.6 is 0 Å². The van der Waals surface area contributed by atoms with E-state index in [1.807, 2.05) is 46.8 Å². The smallest absolute Gasteiger partial charge is 0.410 e. The monoisotopic (exact) mass is 378 g/mol. The van der Waals surface area contributed by atoms with Crippen LogP contribution in [-0.4, -0.2) is 62.0 Å². The molecule has 0 radical (unpaired) electrons. The van der Waals surface area contributed by atoms with Crippen LogP contribution in [0.5, 0.6) is 5.75 Å². The van der Waals surface area contributed by atoms with Crippen LogP contribution in [0, 0.1) is 0 Å². The van der Waals surface area contributed by atoms with E-state index in [-0.39, 0.29) is 18.2 Å². The molecule has 0 aromatic heterocycles. The molecular weight excluding hydrogens is 348 g/mol. The lowest BCUT2D eigenvalue weighted by Gasteiger charge is -2.45. The van der Waals surface area contributed by atoms with E-state index in [1.54, 1.807) is 11.0 Å². The first-order valence-corrected chi connectivity index (χ1v) is 9.10. The first kappa shape index (κ1) is 20.9. The van der Waals surface area contributed by atoms with Crippen molar-refractivity contribution in [2.45, 2.75) is 52.3 Å². The Balaban J connectivity index is 2.19. The zero-order chi connectivity index (χ0) is 20.4. The second kappa shape index (κ2) is 8.06. The van der Waals surface area contributed by atoms with E-state index in [0.29, 0.717) is 24.4 Å². The predicted molar refractivity (Wildman–Crippen MR) is 104 cm³/mol. The summed E-state index contributed by atoms with van der Waals surface area (Å²) in [5.41, 5.74) is 0.796. The lowest BCUT2D eigenvalue weighted by atomic mass is 10.1. The molecule has 7 heteroatoms. The van der Waals surface area contributed by atoms with Gasteiger partial charge in [-0.25, -0.2) is 9.59 Å². The molecule has 1 aromatic carbocycles. The van der Waals surface area contributed by atoms with Crippen LogP contribution in [0.4, 0.5) is 10.5 Å². The topological polar surface area (TPSA) is 68.3 Å². The molecule has 1 fully saturated rings. The van der Waals surface area contributed by atoms with Crippen LogP contribution in [-0.2, 0) is 9.47 Å². The zero-order valence-electron chi connectivity index (χ0n) is 17.2. The second-order valence-corrected chi connectivity index (χ2v) is 7.87. The summed E-state index contributed by atoms with van der Waals surface area (Å²) in [6.07, 6.45) is -0.291. The highest BCUT2D eigenvalue weighted by Gasteiger charge is 2.35. The Bertz CT molecular complexity index is 686. The molecule has 1 aliphatic heterocycles. The maximum atomic E-state index is 12.5. The fourth-order valence-corrected chi connectivity index (χ4v) is 3.36. The number of benzene rings is 1. The first-order valence-electron chi connectivity index (χ1n) is 9.10.